The van der Waals surface area contributed by atoms with Crippen molar-refractivity contribution in [3.63, 3.8) is 0 Å². The molecule has 33 heavy (non-hydrogen) atoms. The molecule has 0 saturated heterocycles. The van der Waals surface area contributed by atoms with Crippen LogP contribution in [-0.4, -0.2) is 0 Å². The summed E-state index contributed by atoms with van der Waals surface area (Å²) in [6, 6.07) is 0. The predicted molar refractivity (Wildman–Crippen MR) is 142 cm³/mol. The number of hydrogen-bond acceptors (Lipinski definition) is 0. The number of allylic oxidation sites excluding steroid dienone is 4. The van der Waals surface area contributed by atoms with E-state index in [0.717, 1.165) is 15.0 Å². The van der Waals surface area contributed by atoms with Gasteiger partial charge in [0.2, 0.25) is 0 Å². The molecule has 0 fully saturated rings. The van der Waals surface area contributed by atoms with Crippen molar-refractivity contribution in [3.05, 3.63) is 77.9 Å². The van der Waals surface area contributed by atoms with Gasteiger partial charge in [-0.2, -0.15) is 0 Å². The second-order valence-corrected chi connectivity index (χ2v) is 13.5. The van der Waals surface area contributed by atoms with Gasteiger partial charge in [0.05, 0.1) is 0 Å². The Morgan fingerprint density at radius 2 is 0.667 bits per heavy atom. The first-order valence-electron chi connectivity index (χ1n) is 12.4. The minimum absolute atomic E-state index is 0.0315. The molecule has 0 heterocycles. The fraction of sp³-hybridized carbons (Fsp3) is 0.500. The first-order chi connectivity index (χ1) is 15.1. The molecule has 4 rings (SSSR count). The molecule has 178 valence electrons. The summed E-state index contributed by atoms with van der Waals surface area (Å²) in [7, 11) is 0. The second kappa shape index (κ2) is 7.47. The monoisotopic (exact) mass is 482 g/mol. The molecule has 0 bridgehead atoms. The molecule has 0 radical (unpaired) electrons. The zero-order chi connectivity index (χ0) is 24.9. The Morgan fingerprint density at radius 3 is 0.970 bits per heavy atom. The van der Waals surface area contributed by atoms with Crippen molar-refractivity contribution in [2.45, 2.75) is 106 Å². The van der Waals surface area contributed by atoms with E-state index in [0.29, 0.717) is 0 Å². The van der Waals surface area contributed by atoms with E-state index in [-0.39, 0.29) is 8.63 Å². The topological polar surface area (TPSA) is 0 Å². The van der Waals surface area contributed by atoms with Crippen LogP contribution >= 0.6 is 0 Å². The first-order valence-corrected chi connectivity index (χ1v) is 13.5. The molecule has 0 aliphatic heterocycles. The third-order valence-electron chi connectivity index (χ3n) is 9.92. The zero-order valence-corrected chi connectivity index (χ0v) is 24.5. The summed E-state index contributed by atoms with van der Waals surface area (Å²) in [5.41, 5.74) is 24.2. The van der Waals surface area contributed by atoms with Gasteiger partial charge in [-0.3, -0.25) is 0 Å². The van der Waals surface area contributed by atoms with E-state index in [1.165, 1.54) is 66.8 Å². The molecule has 2 unspecified atom stereocenters. The van der Waals surface area contributed by atoms with E-state index in [1.54, 1.807) is 22.3 Å². The van der Waals surface area contributed by atoms with Gasteiger partial charge in [0.25, 0.3) is 0 Å². The van der Waals surface area contributed by atoms with Crippen molar-refractivity contribution in [2.75, 3.05) is 0 Å². The van der Waals surface area contributed by atoms with Gasteiger partial charge in [-0.15, -0.1) is 0 Å². The Balaban J connectivity index is 2.04. The maximum atomic E-state index is 2.54. The quantitative estimate of drug-likeness (QED) is 0.375. The molecule has 2 aliphatic carbocycles. The van der Waals surface area contributed by atoms with E-state index >= 15 is 0 Å². The molecule has 2 aromatic rings. The van der Waals surface area contributed by atoms with Crippen molar-refractivity contribution < 1.29 is 15.0 Å². The number of rotatable bonds is 2. The van der Waals surface area contributed by atoms with Gasteiger partial charge in [0.15, 0.2) is 0 Å². The zero-order valence-electron chi connectivity index (χ0n) is 23.4. The number of hydrogen-bond donors (Lipinski definition) is 0. The van der Waals surface area contributed by atoms with Crippen LogP contribution in [0.1, 0.15) is 108 Å². The van der Waals surface area contributed by atoms with E-state index in [4.69, 9.17) is 0 Å². The standard InChI is InChI=1S/2C16H21.Fe/c2*1-8-9(2)12(5)16-14(7)10(3)13(6)15(16)11(8)4;/h2*1-7H3;. The van der Waals surface area contributed by atoms with E-state index in [2.05, 4.69) is 96.9 Å². The van der Waals surface area contributed by atoms with Crippen LogP contribution in [0.4, 0.5) is 0 Å². The molecular weight excluding hydrogens is 440 g/mol. The third-order valence-corrected chi connectivity index (χ3v) is 12.4. The van der Waals surface area contributed by atoms with Crippen molar-refractivity contribution >= 4 is 11.1 Å². The molecule has 0 nitrogen and oxygen atoms in total. The van der Waals surface area contributed by atoms with Gasteiger partial charge >= 0.3 is 210 Å². The van der Waals surface area contributed by atoms with Crippen LogP contribution in [0.2, 0.25) is 0 Å². The molecule has 2 aromatic carbocycles. The average Bonchev–Trinajstić information content (AvgIpc) is 3.08. The number of benzene rings is 2. The fourth-order valence-corrected chi connectivity index (χ4v) is 9.64. The Labute approximate surface area is 209 Å². The summed E-state index contributed by atoms with van der Waals surface area (Å²) >= 11 is 1.12. The summed E-state index contributed by atoms with van der Waals surface area (Å²) in [6.07, 6.45) is 0. The SMILES string of the molecule is CC1=C(C)[C](C)([Fe][C]2(C)C(C)=C(C)c3c(C)c(C)c(C)c(C)c32)c2c(C)c(C)c(C)c(C)c21. The normalized spacial score (nSPS) is 24.3. The Bertz CT molecular complexity index is 1210. The van der Waals surface area contributed by atoms with Gasteiger partial charge < -0.3 is 0 Å². The molecule has 2 aliphatic rings. The second-order valence-electron chi connectivity index (χ2n) is 11.0. The van der Waals surface area contributed by atoms with E-state index in [1.807, 2.05) is 0 Å². The molecule has 0 amide bonds. The minimum atomic E-state index is 0.0315. The van der Waals surface area contributed by atoms with Crippen LogP contribution in [0.3, 0.4) is 0 Å². The Hall–Kier alpha value is -1.56. The van der Waals surface area contributed by atoms with E-state index < -0.39 is 0 Å². The maximum absolute atomic E-state index is 2.54. The summed E-state index contributed by atoms with van der Waals surface area (Å²) in [5, 5.41) is 0. The van der Waals surface area contributed by atoms with Crippen molar-refractivity contribution in [2.24, 2.45) is 0 Å². The molecule has 0 aromatic heterocycles. The predicted octanol–water partition coefficient (Wildman–Crippen LogP) is 8.98. The van der Waals surface area contributed by atoms with Gasteiger partial charge in [-0.05, 0) is 0 Å². The van der Waals surface area contributed by atoms with Crippen LogP contribution in [0, 0.1) is 55.4 Å². The van der Waals surface area contributed by atoms with Gasteiger partial charge in [0, 0.05) is 0 Å². The van der Waals surface area contributed by atoms with Crippen LogP contribution in [-0.2, 0) is 23.6 Å². The molecule has 0 N–H and O–H groups in total. The molecule has 0 spiro atoms. The van der Waals surface area contributed by atoms with Gasteiger partial charge in [0.1, 0.15) is 0 Å². The van der Waals surface area contributed by atoms with Crippen molar-refractivity contribution in [3.8, 4) is 0 Å². The summed E-state index contributed by atoms with van der Waals surface area (Å²) in [4.78, 5) is 0. The van der Waals surface area contributed by atoms with Crippen LogP contribution in [0.15, 0.2) is 11.1 Å². The van der Waals surface area contributed by atoms with E-state index in [9.17, 15) is 0 Å². The molecular formula is C32H42Fe. The Morgan fingerprint density at radius 1 is 0.394 bits per heavy atom. The summed E-state index contributed by atoms with van der Waals surface area (Å²) in [6.45, 7) is 33.3. The number of fused-ring (bicyclic) bond motifs is 2. The summed E-state index contributed by atoms with van der Waals surface area (Å²) in [5.74, 6) is 0. The van der Waals surface area contributed by atoms with Crippen LogP contribution in [0.25, 0.3) is 11.1 Å². The van der Waals surface area contributed by atoms with Gasteiger partial charge in [-0.1, -0.05) is 0 Å². The van der Waals surface area contributed by atoms with Crippen molar-refractivity contribution in [1.82, 2.24) is 0 Å². The van der Waals surface area contributed by atoms with Crippen LogP contribution < -0.4 is 0 Å². The fourth-order valence-electron chi connectivity index (χ4n) is 6.74. The first kappa shape index (κ1) is 24.6. The van der Waals surface area contributed by atoms with Crippen LogP contribution in [0.5, 0.6) is 0 Å². The molecule has 1 heteroatoms. The van der Waals surface area contributed by atoms with Gasteiger partial charge in [-0.25, -0.2) is 0 Å². The molecule has 2 atom stereocenters. The average molecular weight is 483 g/mol. The third kappa shape index (κ3) is 2.88. The molecule has 0 saturated carbocycles. The summed E-state index contributed by atoms with van der Waals surface area (Å²) < 4.78 is 0.0630. The van der Waals surface area contributed by atoms with Crippen molar-refractivity contribution in [1.29, 1.82) is 0 Å². The Kier molecular flexibility index (Phi) is 5.56.